The van der Waals surface area contributed by atoms with Crippen LogP contribution in [0.4, 0.5) is 0 Å². The van der Waals surface area contributed by atoms with Gasteiger partial charge in [0.1, 0.15) is 0 Å². The van der Waals surface area contributed by atoms with Crippen molar-refractivity contribution in [3.63, 3.8) is 0 Å². The van der Waals surface area contributed by atoms with Gasteiger partial charge in [-0.2, -0.15) is 5.10 Å². The number of rotatable bonds is 3. The SMILES string of the molecule is CCCc1cn(-c2cccnc2)nc1Cl. The molecule has 3 nitrogen and oxygen atoms in total. The van der Waals surface area contributed by atoms with Crippen LogP contribution in [0.3, 0.4) is 0 Å². The molecule has 2 aromatic heterocycles. The molecule has 0 saturated carbocycles. The minimum Gasteiger partial charge on any atom is -0.262 e. The van der Waals surface area contributed by atoms with Crippen LogP contribution in [0, 0.1) is 0 Å². The standard InChI is InChI=1S/C11H12ClN3/c1-2-4-9-8-15(14-11(9)12)10-5-3-6-13-7-10/h3,5-8H,2,4H2,1H3. The van der Waals surface area contributed by atoms with Gasteiger partial charge in [0.15, 0.2) is 5.15 Å². The van der Waals surface area contributed by atoms with Gasteiger partial charge in [0.05, 0.1) is 11.9 Å². The van der Waals surface area contributed by atoms with E-state index in [-0.39, 0.29) is 0 Å². The Bertz CT molecular complexity index is 436. The lowest BCUT2D eigenvalue weighted by atomic mass is 10.2. The summed E-state index contributed by atoms with van der Waals surface area (Å²) in [6.07, 6.45) is 7.49. The van der Waals surface area contributed by atoms with Crippen molar-refractivity contribution in [2.24, 2.45) is 0 Å². The first-order chi connectivity index (χ1) is 7.31. The summed E-state index contributed by atoms with van der Waals surface area (Å²) in [5.74, 6) is 0. The molecule has 2 heterocycles. The zero-order valence-corrected chi connectivity index (χ0v) is 9.28. The molecule has 0 saturated heterocycles. The second-order valence-corrected chi connectivity index (χ2v) is 3.71. The van der Waals surface area contributed by atoms with E-state index in [1.807, 2.05) is 18.3 Å². The van der Waals surface area contributed by atoms with E-state index in [1.54, 1.807) is 17.1 Å². The summed E-state index contributed by atoms with van der Waals surface area (Å²) >= 11 is 6.02. The highest BCUT2D eigenvalue weighted by Crippen LogP contribution is 2.17. The van der Waals surface area contributed by atoms with Crippen molar-refractivity contribution in [1.82, 2.24) is 14.8 Å². The lowest BCUT2D eigenvalue weighted by Crippen LogP contribution is -1.94. The van der Waals surface area contributed by atoms with Crippen LogP contribution in [0.15, 0.2) is 30.7 Å². The molecule has 0 amide bonds. The molecule has 0 unspecified atom stereocenters. The van der Waals surface area contributed by atoms with Crippen LogP contribution in [-0.2, 0) is 6.42 Å². The molecule has 0 bridgehead atoms. The van der Waals surface area contributed by atoms with Crippen LogP contribution in [0.1, 0.15) is 18.9 Å². The third-order valence-corrected chi connectivity index (χ3v) is 2.49. The van der Waals surface area contributed by atoms with Crippen molar-refractivity contribution < 1.29 is 0 Å². The molecule has 15 heavy (non-hydrogen) atoms. The van der Waals surface area contributed by atoms with Gasteiger partial charge in [-0.05, 0) is 18.6 Å². The summed E-state index contributed by atoms with van der Waals surface area (Å²) in [5.41, 5.74) is 2.02. The molecule has 2 aromatic rings. The number of aromatic nitrogens is 3. The highest BCUT2D eigenvalue weighted by atomic mass is 35.5. The van der Waals surface area contributed by atoms with Gasteiger partial charge in [-0.15, -0.1) is 0 Å². The van der Waals surface area contributed by atoms with E-state index in [1.165, 1.54) is 0 Å². The Labute approximate surface area is 93.7 Å². The van der Waals surface area contributed by atoms with Crippen molar-refractivity contribution in [3.05, 3.63) is 41.4 Å². The number of aryl methyl sites for hydroxylation is 1. The van der Waals surface area contributed by atoms with E-state index in [0.717, 1.165) is 24.1 Å². The van der Waals surface area contributed by atoms with Crippen LogP contribution < -0.4 is 0 Å². The third-order valence-electron chi connectivity index (χ3n) is 2.17. The van der Waals surface area contributed by atoms with E-state index in [9.17, 15) is 0 Å². The Hall–Kier alpha value is -1.35. The first-order valence-corrected chi connectivity index (χ1v) is 5.33. The molecule has 0 fully saturated rings. The highest BCUT2D eigenvalue weighted by molar-refractivity contribution is 6.30. The minimum absolute atomic E-state index is 0.584. The molecule has 0 radical (unpaired) electrons. The molecule has 0 N–H and O–H groups in total. The molecular weight excluding hydrogens is 210 g/mol. The van der Waals surface area contributed by atoms with Gasteiger partial charge in [0.2, 0.25) is 0 Å². The van der Waals surface area contributed by atoms with E-state index < -0.39 is 0 Å². The van der Waals surface area contributed by atoms with Crippen LogP contribution in [0.5, 0.6) is 0 Å². The number of pyridine rings is 1. The Balaban J connectivity index is 2.34. The average Bonchev–Trinajstić information content (AvgIpc) is 2.63. The fourth-order valence-electron chi connectivity index (χ4n) is 1.45. The van der Waals surface area contributed by atoms with Crippen LogP contribution in [0.25, 0.3) is 5.69 Å². The van der Waals surface area contributed by atoms with Crippen molar-refractivity contribution in [2.45, 2.75) is 19.8 Å². The first kappa shape index (κ1) is 10.2. The maximum Gasteiger partial charge on any atom is 0.154 e. The third kappa shape index (κ3) is 2.18. The quantitative estimate of drug-likeness (QED) is 0.798. The Kier molecular flexibility index (Phi) is 3.02. The van der Waals surface area contributed by atoms with Gasteiger partial charge in [0, 0.05) is 18.0 Å². The maximum atomic E-state index is 6.02. The van der Waals surface area contributed by atoms with E-state index in [4.69, 9.17) is 11.6 Å². The molecule has 0 aliphatic heterocycles. The molecule has 0 atom stereocenters. The predicted octanol–water partition coefficient (Wildman–Crippen LogP) is 2.87. The molecule has 0 aliphatic carbocycles. The smallest absolute Gasteiger partial charge is 0.154 e. The van der Waals surface area contributed by atoms with Crippen molar-refractivity contribution in [1.29, 1.82) is 0 Å². The molecule has 0 aromatic carbocycles. The highest BCUT2D eigenvalue weighted by Gasteiger charge is 2.06. The number of hydrogen-bond donors (Lipinski definition) is 0. The van der Waals surface area contributed by atoms with Gasteiger partial charge in [-0.25, -0.2) is 4.68 Å². The maximum absolute atomic E-state index is 6.02. The predicted molar refractivity (Wildman–Crippen MR) is 60.4 cm³/mol. The Morgan fingerprint density at radius 1 is 1.47 bits per heavy atom. The molecule has 78 valence electrons. The van der Waals surface area contributed by atoms with Crippen molar-refractivity contribution >= 4 is 11.6 Å². The Morgan fingerprint density at radius 2 is 2.33 bits per heavy atom. The summed E-state index contributed by atoms with van der Waals surface area (Å²) in [7, 11) is 0. The summed E-state index contributed by atoms with van der Waals surface area (Å²) in [6, 6.07) is 3.83. The monoisotopic (exact) mass is 221 g/mol. The largest absolute Gasteiger partial charge is 0.262 e. The second kappa shape index (κ2) is 4.45. The first-order valence-electron chi connectivity index (χ1n) is 4.95. The lowest BCUT2D eigenvalue weighted by Gasteiger charge is -1.97. The molecule has 0 aliphatic rings. The number of hydrogen-bond acceptors (Lipinski definition) is 2. The van der Waals surface area contributed by atoms with Gasteiger partial charge in [-0.1, -0.05) is 24.9 Å². The fourth-order valence-corrected chi connectivity index (χ4v) is 1.67. The normalized spacial score (nSPS) is 10.5. The zero-order chi connectivity index (χ0) is 10.7. The average molecular weight is 222 g/mol. The van der Waals surface area contributed by atoms with Gasteiger partial charge in [0.25, 0.3) is 0 Å². The summed E-state index contributed by atoms with van der Waals surface area (Å²) in [4.78, 5) is 4.04. The fraction of sp³-hybridized carbons (Fsp3) is 0.273. The Morgan fingerprint density at radius 3 is 3.00 bits per heavy atom. The van der Waals surface area contributed by atoms with Gasteiger partial charge < -0.3 is 0 Å². The lowest BCUT2D eigenvalue weighted by molar-refractivity contribution is 0.871. The van der Waals surface area contributed by atoms with Crippen LogP contribution in [0.2, 0.25) is 5.15 Å². The number of halogens is 1. The molecular formula is C11H12ClN3. The van der Waals surface area contributed by atoms with Gasteiger partial charge >= 0.3 is 0 Å². The molecule has 2 rings (SSSR count). The van der Waals surface area contributed by atoms with Crippen molar-refractivity contribution in [3.8, 4) is 5.69 Å². The van der Waals surface area contributed by atoms with Crippen molar-refractivity contribution in [2.75, 3.05) is 0 Å². The van der Waals surface area contributed by atoms with Crippen LogP contribution >= 0.6 is 11.6 Å². The van der Waals surface area contributed by atoms with E-state index >= 15 is 0 Å². The van der Waals surface area contributed by atoms with Gasteiger partial charge in [-0.3, -0.25) is 4.98 Å². The summed E-state index contributed by atoms with van der Waals surface area (Å²) in [6.45, 7) is 2.12. The molecule has 4 heteroatoms. The zero-order valence-electron chi connectivity index (χ0n) is 8.52. The topological polar surface area (TPSA) is 30.7 Å². The second-order valence-electron chi connectivity index (χ2n) is 3.35. The molecule has 0 spiro atoms. The summed E-state index contributed by atoms with van der Waals surface area (Å²) in [5, 5.41) is 4.83. The van der Waals surface area contributed by atoms with E-state index in [2.05, 4.69) is 17.0 Å². The summed E-state index contributed by atoms with van der Waals surface area (Å²) < 4.78 is 1.76. The van der Waals surface area contributed by atoms with Crippen LogP contribution in [-0.4, -0.2) is 14.8 Å². The van der Waals surface area contributed by atoms with E-state index in [0.29, 0.717) is 5.15 Å². The number of nitrogens with zero attached hydrogens (tertiary/aromatic N) is 3. The minimum atomic E-state index is 0.584.